The van der Waals surface area contributed by atoms with E-state index >= 15 is 0 Å². The van der Waals surface area contributed by atoms with Crippen LogP contribution in [0.4, 0.5) is 5.95 Å². The zero-order chi connectivity index (χ0) is 10.4. The number of imidazole rings is 1. The molecule has 0 aromatic carbocycles. The number of nitrogens with zero attached hydrogens (tertiary/aromatic N) is 2. The molecule has 1 unspecified atom stereocenters. The largest absolute Gasteiger partial charge is 0.353 e. The summed E-state index contributed by atoms with van der Waals surface area (Å²) in [6.45, 7) is 4.40. The minimum absolute atomic E-state index is 0.496. The average molecular weight is 213 g/mol. The molecule has 1 heterocycles. The maximum absolute atomic E-state index is 4.23. The summed E-state index contributed by atoms with van der Waals surface area (Å²) in [5.74, 6) is 3.38. The Bertz CT molecular complexity index is 260. The number of aryl methyl sites for hydroxylation is 1. The zero-order valence-electron chi connectivity index (χ0n) is 9.16. The van der Waals surface area contributed by atoms with Crippen molar-refractivity contribution < 1.29 is 0 Å². The minimum Gasteiger partial charge on any atom is -0.353 e. The summed E-state index contributed by atoms with van der Waals surface area (Å²) in [5, 5.41) is 3.39. The second kappa shape index (κ2) is 5.96. The van der Waals surface area contributed by atoms with E-state index in [9.17, 15) is 0 Å². The molecule has 4 heteroatoms. The number of nitrogens with one attached hydrogen (secondary N) is 1. The van der Waals surface area contributed by atoms with Gasteiger partial charge in [0.15, 0.2) is 0 Å². The molecule has 0 radical (unpaired) electrons. The maximum Gasteiger partial charge on any atom is 0.202 e. The van der Waals surface area contributed by atoms with E-state index in [1.165, 1.54) is 17.9 Å². The predicted octanol–water partition coefficient (Wildman–Crippen LogP) is 2.36. The highest BCUT2D eigenvalue weighted by Crippen LogP contribution is 2.08. The van der Waals surface area contributed by atoms with Crippen molar-refractivity contribution in [1.82, 2.24) is 9.55 Å². The SMILES string of the molecule is CCSCCC(C)Nc1nccn1C. The molecule has 1 aromatic rings. The Kier molecular flexibility index (Phi) is 4.87. The van der Waals surface area contributed by atoms with Crippen LogP contribution in [-0.4, -0.2) is 27.1 Å². The third-order valence-corrected chi connectivity index (χ3v) is 3.03. The van der Waals surface area contributed by atoms with Crippen LogP contribution in [0.2, 0.25) is 0 Å². The van der Waals surface area contributed by atoms with Crippen LogP contribution in [0, 0.1) is 0 Å². The van der Waals surface area contributed by atoms with Crippen LogP contribution in [0.3, 0.4) is 0 Å². The number of hydrogen-bond donors (Lipinski definition) is 1. The molecule has 0 fully saturated rings. The Morgan fingerprint density at radius 3 is 3.00 bits per heavy atom. The molecule has 0 aliphatic heterocycles. The molecule has 0 spiro atoms. The van der Waals surface area contributed by atoms with Gasteiger partial charge in [0.1, 0.15) is 0 Å². The van der Waals surface area contributed by atoms with Crippen LogP contribution in [0.5, 0.6) is 0 Å². The standard InChI is InChI=1S/C10H19N3S/c1-4-14-8-5-9(2)12-10-11-6-7-13(10)3/h6-7,9H,4-5,8H2,1-3H3,(H,11,12). The normalized spacial score (nSPS) is 12.8. The van der Waals surface area contributed by atoms with Gasteiger partial charge < -0.3 is 9.88 Å². The lowest BCUT2D eigenvalue weighted by molar-refractivity contribution is 0.746. The Morgan fingerprint density at radius 2 is 2.43 bits per heavy atom. The van der Waals surface area contributed by atoms with E-state index in [0.717, 1.165) is 5.95 Å². The van der Waals surface area contributed by atoms with E-state index in [4.69, 9.17) is 0 Å². The van der Waals surface area contributed by atoms with Gasteiger partial charge in [-0.05, 0) is 24.9 Å². The van der Waals surface area contributed by atoms with Crippen LogP contribution in [0.1, 0.15) is 20.3 Å². The van der Waals surface area contributed by atoms with Crippen LogP contribution in [-0.2, 0) is 7.05 Å². The van der Waals surface area contributed by atoms with Crippen LogP contribution in [0.25, 0.3) is 0 Å². The second-order valence-electron chi connectivity index (χ2n) is 3.39. The average Bonchev–Trinajstić information content (AvgIpc) is 2.52. The number of rotatable bonds is 6. The molecule has 0 bridgehead atoms. The van der Waals surface area contributed by atoms with Crippen LogP contribution < -0.4 is 5.32 Å². The lowest BCUT2D eigenvalue weighted by atomic mass is 10.3. The van der Waals surface area contributed by atoms with Crippen LogP contribution >= 0.6 is 11.8 Å². The molecule has 1 rings (SSSR count). The summed E-state index contributed by atoms with van der Waals surface area (Å²) in [6.07, 6.45) is 4.96. The van der Waals surface area contributed by atoms with Gasteiger partial charge in [-0.25, -0.2) is 4.98 Å². The summed E-state index contributed by atoms with van der Waals surface area (Å²) in [7, 11) is 2.00. The van der Waals surface area contributed by atoms with Crippen molar-refractivity contribution in [3.05, 3.63) is 12.4 Å². The van der Waals surface area contributed by atoms with Crippen molar-refractivity contribution in [2.24, 2.45) is 7.05 Å². The van der Waals surface area contributed by atoms with Crippen molar-refractivity contribution >= 4 is 17.7 Å². The quantitative estimate of drug-likeness (QED) is 0.736. The molecule has 0 aliphatic rings. The third kappa shape index (κ3) is 3.62. The van der Waals surface area contributed by atoms with Crippen molar-refractivity contribution in [3.8, 4) is 0 Å². The molecule has 1 N–H and O–H groups in total. The summed E-state index contributed by atoms with van der Waals surface area (Å²) in [4.78, 5) is 4.23. The first kappa shape index (κ1) is 11.4. The summed E-state index contributed by atoms with van der Waals surface area (Å²) < 4.78 is 2.00. The molecule has 0 saturated carbocycles. The van der Waals surface area contributed by atoms with Gasteiger partial charge >= 0.3 is 0 Å². The van der Waals surface area contributed by atoms with Gasteiger partial charge in [0.05, 0.1) is 0 Å². The molecule has 0 amide bonds. The fourth-order valence-electron chi connectivity index (χ4n) is 1.20. The van der Waals surface area contributed by atoms with Gasteiger partial charge in [-0.1, -0.05) is 6.92 Å². The fraction of sp³-hybridized carbons (Fsp3) is 0.700. The smallest absolute Gasteiger partial charge is 0.202 e. The molecule has 80 valence electrons. The lowest BCUT2D eigenvalue weighted by Gasteiger charge is -2.13. The molecule has 0 saturated heterocycles. The van der Waals surface area contributed by atoms with E-state index in [1.807, 2.05) is 35.8 Å². The minimum atomic E-state index is 0.496. The van der Waals surface area contributed by atoms with E-state index in [1.54, 1.807) is 0 Å². The predicted molar refractivity (Wildman–Crippen MR) is 63.9 cm³/mol. The Labute approximate surface area is 90.3 Å². The van der Waals surface area contributed by atoms with Crippen molar-refractivity contribution in [1.29, 1.82) is 0 Å². The topological polar surface area (TPSA) is 29.9 Å². The van der Waals surface area contributed by atoms with Gasteiger partial charge in [-0.15, -0.1) is 0 Å². The Hall–Kier alpha value is -0.640. The maximum atomic E-state index is 4.23. The summed E-state index contributed by atoms with van der Waals surface area (Å²) in [6, 6.07) is 0.496. The summed E-state index contributed by atoms with van der Waals surface area (Å²) in [5.41, 5.74) is 0. The van der Waals surface area contributed by atoms with Gasteiger partial charge in [-0.3, -0.25) is 0 Å². The molecule has 1 atom stereocenters. The molecular formula is C10H19N3S. The molecule has 14 heavy (non-hydrogen) atoms. The van der Waals surface area contributed by atoms with Gasteiger partial charge in [0.25, 0.3) is 0 Å². The van der Waals surface area contributed by atoms with Gasteiger partial charge in [-0.2, -0.15) is 11.8 Å². The Balaban J connectivity index is 2.27. The monoisotopic (exact) mass is 213 g/mol. The van der Waals surface area contributed by atoms with E-state index in [0.29, 0.717) is 6.04 Å². The van der Waals surface area contributed by atoms with E-state index < -0.39 is 0 Å². The highest BCUT2D eigenvalue weighted by molar-refractivity contribution is 7.99. The second-order valence-corrected chi connectivity index (χ2v) is 4.79. The summed E-state index contributed by atoms with van der Waals surface area (Å²) >= 11 is 1.99. The molecular weight excluding hydrogens is 194 g/mol. The number of aromatic nitrogens is 2. The first-order valence-corrected chi connectivity index (χ1v) is 6.21. The van der Waals surface area contributed by atoms with Crippen molar-refractivity contribution in [2.75, 3.05) is 16.8 Å². The van der Waals surface area contributed by atoms with Gasteiger partial charge in [0, 0.05) is 25.5 Å². The van der Waals surface area contributed by atoms with E-state index in [-0.39, 0.29) is 0 Å². The van der Waals surface area contributed by atoms with Crippen molar-refractivity contribution in [3.63, 3.8) is 0 Å². The highest BCUT2D eigenvalue weighted by atomic mass is 32.2. The number of anilines is 1. The molecule has 0 aliphatic carbocycles. The number of hydrogen-bond acceptors (Lipinski definition) is 3. The van der Waals surface area contributed by atoms with Crippen LogP contribution in [0.15, 0.2) is 12.4 Å². The van der Waals surface area contributed by atoms with E-state index in [2.05, 4.69) is 24.1 Å². The molecule has 3 nitrogen and oxygen atoms in total. The first-order chi connectivity index (χ1) is 6.74. The zero-order valence-corrected chi connectivity index (χ0v) is 9.97. The highest BCUT2D eigenvalue weighted by Gasteiger charge is 2.04. The number of thioether (sulfide) groups is 1. The third-order valence-electron chi connectivity index (χ3n) is 2.10. The Morgan fingerprint density at radius 1 is 1.64 bits per heavy atom. The van der Waals surface area contributed by atoms with Crippen molar-refractivity contribution in [2.45, 2.75) is 26.3 Å². The van der Waals surface area contributed by atoms with Gasteiger partial charge in [0.2, 0.25) is 5.95 Å². The fourth-order valence-corrected chi connectivity index (χ4v) is 2.01. The first-order valence-electron chi connectivity index (χ1n) is 5.05. The molecule has 1 aromatic heterocycles. The lowest BCUT2D eigenvalue weighted by Crippen LogP contribution is -2.18.